The molecule has 176 valence electrons. The van der Waals surface area contributed by atoms with E-state index in [0.717, 1.165) is 0 Å². The Morgan fingerprint density at radius 3 is 1.23 bits per heavy atom. The zero-order valence-corrected chi connectivity index (χ0v) is 14.0. The smallest absolute Gasteiger partial charge is 0.422 e. The van der Waals surface area contributed by atoms with Gasteiger partial charge >= 0.3 is 30.5 Å². The van der Waals surface area contributed by atoms with Crippen LogP contribution in [0.15, 0.2) is 0 Å². The lowest BCUT2D eigenvalue weighted by atomic mass is 9.95. The van der Waals surface area contributed by atoms with E-state index in [4.69, 9.17) is 0 Å². The molecule has 0 atom stereocenters. The minimum Gasteiger partial charge on any atom is -0.455 e. The van der Waals surface area contributed by atoms with E-state index in [0.29, 0.717) is 0 Å². The second kappa shape index (κ2) is 8.78. The highest BCUT2D eigenvalue weighted by Crippen LogP contribution is 2.39. The van der Waals surface area contributed by atoms with Crippen LogP contribution in [-0.2, 0) is 25.2 Å². The molecule has 0 aliphatic rings. The fourth-order valence-electron chi connectivity index (χ4n) is 1.96. The van der Waals surface area contributed by atoms with E-state index in [-0.39, 0.29) is 0 Å². The molecule has 1 aromatic rings. The molecule has 0 radical (unpaired) electrons. The molecule has 0 heterocycles. The molecule has 0 amide bonds. The highest BCUT2D eigenvalue weighted by molar-refractivity contribution is 6.01. The van der Waals surface area contributed by atoms with Gasteiger partial charge in [0.15, 0.2) is 42.4 Å². The van der Waals surface area contributed by atoms with Crippen molar-refractivity contribution < 1.29 is 76.1 Å². The van der Waals surface area contributed by atoms with Crippen molar-refractivity contribution in [2.24, 2.45) is 0 Å². The molecular formula is C14H5F13O4. The number of carbonyl (C=O) groups is 2. The summed E-state index contributed by atoms with van der Waals surface area (Å²) in [6, 6.07) is 0. The van der Waals surface area contributed by atoms with E-state index >= 15 is 0 Å². The van der Waals surface area contributed by atoms with E-state index in [2.05, 4.69) is 9.47 Å². The van der Waals surface area contributed by atoms with Gasteiger partial charge in [0.1, 0.15) is 5.56 Å². The molecule has 0 fully saturated rings. The number of halogens is 13. The Hall–Kier alpha value is -2.75. The van der Waals surface area contributed by atoms with Crippen molar-refractivity contribution in [2.45, 2.75) is 24.4 Å². The molecule has 0 spiro atoms. The molecule has 0 aromatic heterocycles. The minimum atomic E-state index is -6.07. The lowest BCUT2D eigenvalue weighted by Crippen LogP contribution is -2.33. The van der Waals surface area contributed by atoms with Gasteiger partial charge in [-0.15, -0.1) is 0 Å². The molecule has 31 heavy (non-hydrogen) atoms. The Morgan fingerprint density at radius 2 is 0.968 bits per heavy atom. The third-order valence-electron chi connectivity index (χ3n) is 3.10. The van der Waals surface area contributed by atoms with Crippen LogP contribution >= 0.6 is 0 Å². The number of ether oxygens (including phenoxy) is 2. The summed E-state index contributed by atoms with van der Waals surface area (Å²) in [4.78, 5) is 23.3. The minimum absolute atomic E-state index is 2.59. The van der Waals surface area contributed by atoms with Crippen molar-refractivity contribution in [2.75, 3.05) is 13.2 Å². The lowest BCUT2D eigenvalue weighted by Gasteiger charge is -2.20. The Labute approximate surface area is 161 Å². The van der Waals surface area contributed by atoms with Gasteiger partial charge < -0.3 is 9.47 Å². The van der Waals surface area contributed by atoms with Gasteiger partial charge in [0.2, 0.25) is 0 Å². The van der Waals surface area contributed by atoms with Crippen molar-refractivity contribution >= 4 is 11.9 Å². The molecule has 1 rings (SSSR count). The summed E-state index contributed by atoms with van der Waals surface area (Å²) in [5, 5.41) is 0. The third-order valence-corrected chi connectivity index (χ3v) is 3.10. The number of benzene rings is 1. The number of esters is 2. The maximum atomic E-state index is 14.0. The summed E-state index contributed by atoms with van der Waals surface area (Å²) in [5.74, 6) is -21.8. The summed E-state index contributed by atoms with van der Waals surface area (Å²) in [5.41, 5.74) is -5.78. The fourth-order valence-corrected chi connectivity index (χ4v) is 1.96. The zero-order chi connectivity index (χ0) is 24.5. The average molecular weight is 484 g/mol. The second-order valence-electron chi connectivity index (χ2n) is 5.42. The van der Waals surface area contributed by atoms with Crippen LogP contribution in [0.4, 0.5) is 57.1 Å². The average Bonchev–Trinajstić information content (AvgIpc) is 2.57. The molecule has 0 aliphatic carbocycles. The monoisotopic (exact) mass is 484 g/mol. The number of rotatable bonds is 5. The van der Waals surface area contributed by atoms with Crippen molar-refractivity contribution in [1.82, 2.24) is 0 Å². The summed E-state index contributed by atoms with van der Waals surface area (Å²) in [6.45, 7) is -5.19. The van der Waals surface area contributed by atoms with Crippen LogP contribution in [0.3, 0.4) is 0 Å². The van der Waals surface area contributed by atoms with Crippen LogP contribution < -0.4 is 0 Å². The first kappa shape index (κ1) is 26.3. The number of carbonyl (C=O) groups excluding carboxylic acids is 2. The van der Waals surface area contributed by atoms with Crippen LogP contribution in [0.25, 0.3) is 0 Å². The van der Waals surface area contributed by atoms with E-state index in [9.17, 15) is 66.7 Å². The van der Waals surface area contributed by atoms with Gasteiger partial charge in [-0.1, -0.05) is 0 Å². The molecule has 0 aliphatic heterocycles. The highest BCUT2D eigenvalue weighted by atomic mass is 19.4. The first-order valence-corrected chi connectivity index (χ1v) is 7.17. The van der Waals surface area contributed by atoms with Crippen LogP contribution in [0, 0.1) is 23.3 Å². The van der Waals surface area contributed by atoms with Gasteiger partial charge in [0.25, 0.3) is 0 Å². The first-order chi connectivity index (χ1) is 13.8. The van der Waals surface area contributed by atoms with Crippen molar-refractivity contribution in [1.29, 1.82) is 0 Å². The van der Waals surface area contributed by atoms with Crippen molar-refractivity contribution in [3.05, 3.63) is 34.4 Å². The molecular weight excluding hydrogens is 479 g/mol. The van der Waals surface area contributed by atoms with E-state index in [1.54, 1.807) is 0 Å². The predicted molar refractivity (Wildman–Crippen MR) is 68.0 cm³/mol. The summed E-state index contributed by atoms with van der Waals surface area (Å²) >= 11 is 0. The second-order valence-corrected chi connectivity index (χ2v) is 5.42. The van der Waals surface area contributed by atoms with E-state index in [1.165, 1.54) is 0 Å². The maximum absolute atomic E-state index is 14.0. The van der Waals surface area contributed by atoms with Gasteiger partial charge in [-0.05, 0) is 0 Å². The van der Waals surface area contributed by atoms with Gasteiger partial charge in [-0.25, -0.2) is 17.6 Å². The first-order valence-electron chi connectivity index (χ1n) is 7.17. The normalized spacial score (nSPS) is 12.8. The quantitative estimate of drug-likeness (QED) is 0.266. The molecule has 4 nitrogen and oxygen atoms in total. The van der Waals surface area contributed by atoms with Crippen molar-refractivity contribution in [3.63, 3.8) is 0 Å². The highest BCUT2D eigenvalue weighted by Gasteiger charge is 2.47. The molecule has 0 N–H and O–H groups in total. The largest absolute Gasteiger partial charge is 0.455 e. The lowest BCUT2D eigenvalue weighted by molar-refractivity contribution is -0.196. The van der Waals surface area contributed by atoms with E-state index < -0.39 is 84.0 Å². The molecule has 1 aromatic carbocycles. The predicted octanol–water partition coefficient (Wildman–Crippen LogP) is 4.56. The van der Waals surface area contributed by atoms with Crippen LogP contribution in [-0.4, -0.2) is 37.5 Å². The Kier molecular flexibility index (Phi) is 7.44. The molecule has 0 bridgehead atoms. The topological polar surface area (TPSA) is 52.6 Å². The Balaban J connectivity index is 3.62. The summed E-state index contributed by atoms with van der Waals surface area (Å²) < 4.78 is 173. The molecule has 0 saturated carbocycles. The summed E-state index contributed by atoms with van der Waals surface area (Å²) in [7, 11) is 0. The standard InChI is InChI=1S/C14H5F13O4/c15-6-3(7(16)9(18)5(8(6)17)14(25,26)27)4(10(28)30-1-12(19,20)21)11(29)31-2-13(22,23)24/h4H,1-2H2. The number of hydrogen-bond donors (Lipinski definition) is 0. The SMILES string of the molecule is O=C(OCC(F)(F)F)C(C(=O)OCC(F)(F)F)c1c(F)c(F)c(C(F)(F)F)c(F)c1F. The van der Waals surface area contributed by atoms with Gasteiger partial charge in [0, 0.05) is 0 Å². The number of alkyl halides is 9. The van der Waals surface area contributed by atoms with Gasteiger partial charge in [-0.3, -0.25) is 9.59 Å². The van der Waals surface area contributed by atoms with Crippen LogP contribution in [0.2, 0.25) is 0 Å². The van der Waals surface area contributed by atoms with Crippen LogP contribution in [0.1, 0.15) is 17.0 Å². The molecule has 17 heteroatoms. The van der Waals surface area contributed by atoms with E-state index in [1.807, 2.05) is 0 Å². The van der Waals surface area contributed by atoms with Gasteiger partial charge in [-0.2, -0.15) is 39.5 Å². The molecule has 0 unspecified atom stereocenters. The van der Waals surface area contributed by atoms with Gasteiger partial charge in [0.05, 0.1) is 5.56 Å². The Morgan fingerprint density at radius 1 is 0.645 bits per heavy atom. The number of hydrogen-bond acceptors (Lipinski definition) is 4. The fraction of sp³-hybridized carbons (Fsp3) is 0.429. The Bertz CT molecular complexity index is 795. The molecule has 0 saturated heterocycles. The van der Waals surface area contributed by atoms with Crippen LogP contribution in [0.5, 0.6) is 0 Å². The third kappa shape index (κ3) is 6.61. The summed E-state index contributed by atoms with van der Waals surface area (Å²) in [6.07, 6.45) is -16.8. The zero-order valence-electron chi connectivity index (χ0n) is 14.0. The van der Waals surface area contributed by atoms with Crippen molar-refractivity contribution in [3.8, 4) is 0 Å². The maximum Gasteiger partial charge on any atom is 0.422 e.